The minimum atomic E-state index is -0.242. The molecule has 23 heavy (non-hydrogen) atoms. The van der Waals surface area contributed by atoms with E-state index in [0.717, 1.165) is 16.1 Å². The molecule has 2 rings (SSSR count). The van der Waals surface area contributed by atoms with Gasteiger partial charge in [0.2, 0.25) is 0 Å². The lowest BCUT2D eigenvalue weighted by Crippen LogP contribution is -2.32. The average molecular weight is 330 g/mol. The molecule has 0 aromatic heterocycles. The Morgan fingerprint density at radius 2 is 1.83 bits per heavy atom. The molecule has 0 unspecified atom stereocenters. The van der Waals surface area contributed by atoms with Crippen LogP contribution >= 0.6 is 11.8 Å². The topological polar surface area (TPSA) is 61.4 Å². The van der Waals surface area contributed by atoms with Crippen molar-refractivity contribution >= 4 is 23.5 Å². The zero-order chi connectivity index (χ0) is 16.5. The number of hydrogen-bond acceptors (Lipinski definition) is 3. The van der Waals surface area contributed by atoms with Crippen LogP contribution in [-0.2, 0) is 0 Å². The highest BCUT2D eigenvalue weighted by molar-refractivity contribution is 7.98. The molecular weight excluding hydrogens is 308 g/mol. The van der Waals surface area contributed by atoms with Gasteiger partial charge in [0.05, 0.1) is 6.04 Å². The van der Waals surface area contributed by atoms with Gasteiger partial charge in [-0.25, -0.2) is 4.79 Å². The standard InChI is InChI=1S/C18H22N2O2S/c1-23-16-11-9-15(10-12-16)19-18(22)20-17(8-5-13-21)14-6-3-2-4-7-14/h2-4,6-7,9-12,17,21H,5,8,13H2,1H3,(H2,19,20,22)/t17-/m0/s1. The zero-order valence-corrected chi connectivity index (χ0v) is 14.0. The number of anilines is 1. The number of nitrogens with one attached hydrogen (secondary N) is 2. The van der Waals surface area contributed by atoms with E-state index in [0.29, 0.717) is 12.8 Å². The molecule has 0 saturated heterocycles. The summed E-state index contributed by atoms with van der Waals surface area (Å²) in [4.78, 5) is 13.4. The lowest BCUT2D eigenvalue weighted by molar-refractivity contribution is 0.244. The molecule has 0 aliphatic carbocycles. The van der Waals surface area contributed by atoms with Crippen molar-refractivity contribution in [2.24, 2.45) is 0 Å². The Kier molecular flexibility index (Phi) is 6.97. The fourth-order valence-electron chi connectivity index (χ4n) is 2.30. The molecule has 2 amide bonds. The van der Waals surface area contributed by atoms with E-state index in [2.05, 4.69) is 10.6 Å². The van der Waals surface area contributed by atoms with Crippen molar-refractivity contribution < 1.29 is 9.90 Å². The van der Waals surface area contributed by atoms with Crippen molar-refractivity contribution in [3.63, 3.8) is 0 Å². The van der Waals surface area contributed by atoms with Crippen LogP contribution in [0.4, 0.5) is 10.5 Å². The van der Waals surface area contributed by atoms with E-state index in [1.165, 1.54) is 0 Å². The SMILES string of the molecule is CSc1ccc(NC(=O)N[C@@H](CCCO)c2ccccc2)cc1. The van der Waals surface area contributed by atoms with Gasteiger partial charge in [0.15, 0.2) is 0 Å². The molecule has 2 aromatic rings. The molecule has 122 valence electrons. The molecule has 0 aliphatic heterocycles. The molecule has 1 atom stereocenters. The molecule has 5 heteroatoms. The van der Waals surface area contributed by atoms with Crippen LogP contribution in [0.5, 0.6) is 0 Å². The van der Waals surface area contributed by atoms with Crippen molar-refractivity contribution in [3.05, 3.63) is 60.2 Å². The number of urea groups is 1. The minimum absolute atomic E-state index is 0.114. The molecule has 0 bridgehead atoms. The summed E-state index contributed by atoms with van der Waals surface area (Å²) in [7, 11) is 0. The highest BCUT2D eigenvalue weighted by Gasteiger charge is 2.14. The number of amides is 2. The minimum Gasteiger partial charge on any atom is -0.396 e. The smallest absolute Gasteiger partial charge is 0.319 e. The Bertz CT molecular complexity index is 602. The Balaban J connectivity index is 1.98. The summed E-state index contributed by atoms with van der Waals surface area (Å²) < 4.78 is 0. The third-order valence-corrected chi connectivity index (χ3v) is 4.25. The summed E-state index contributed by atoms with van der Waals surface area (Å²) in [5.74, 6) is 0. The largest absolute Gasteiger partial charge is 0.396 e. The van der Waals surface area contributed by atoms with Gasteiger partial charge in [-0.3, -0.25) is 0 Å². The summed E-state index contributed by atoms with van der Waals surface area (Å²) in [6.07, 6.45) is 3.35. The van der Waals surface area contributed by atoms with Crippen LogP contribution in [0.3, 0.4) is 0 Å². The summed E-state index contributed by atoms with van der Waals surface area (Å²) in [5.41, 5.74) is 1.79. The maximum Gasteiger partial charge on any atom is 0.319 e. The van der Waals surface area contributed by atoms with E-state index in [-0.39, 0.29) is 18.7 Å². The van der Waals surface area contributed by atoms with Gasteiger partial charge in [-0.2, -0.15) is 0 Å². The zero-order valence-electron chi connectivity index (χ0n) is 13.2. The number of hydrogen-bond donors (Lipinski definition) is 3. The Labute approximate surface area is 141 Å². The third kappa shape index (κ3) is 5.62. The molecule has 2 aromatic carbocycles. The fraction of sp³-hybridized carbons (Fsp3) is 0.278. The summed E-state index contributed by atoms with van der Waals surface area (Å²) in [6, 6.07) is 17.2. The van der Waals surface area contributed by atoms with E-state index in [1.807, 2.05) is 60.9 Å². The molecule has 0 spiro atoms. The lowest BCUT2D eigenvalue weighted by atomic mass is 10.0. The van der Waals surface area contributed by atoms with Crippen LogP contribution in [0, 0.1) is 0 Å². The predicted octanol–water partition coefficient (Wildman–Crippen LogP) is 4.04. The van der Waals surface area contributed by atoms with Gasteiger partial charge in [0.25, 0.3) is 0 Å². The molecule has 0 heterocycles. The van der Waals surface area contributed by atoms with E-state index in [4.69, 9.17) is 5.11 Å². The van der Waals surface area contributed by atoms with Crippen molar-refractivity contribution in [2.75, 3.05) is 18.2 Å². The third-order valence-electron chi connectivity index (χ3n) is 3.51. The second kappa shape index (κ2) is 9.22. The number of thioether (sulfide) groups is 1. The van der Waals surface area contributed by atoms with Crippen molar-refractivity contribution in [3.8, 4) is 0 Å². The Morgan fingerprint density at radius 3 is 2.43 bits per heavy atom. The molecule has 0 saturated carbocycles. The highest BCUT2D eigenvalue weighted by Crippen LogP contribution is 2.20. The van der Waals surface area contributed by atoms with Gasteiger partial charge in [0.1, 0.15) is 0 Å². The van der Waals surface area contributed by atoms with Gasteiger partial charge < -0.3 is 15.7 Å². The Hall–Kier alpha value is -1.98. The van der Waals surface area contributed by atoms with E-state index in [9.17, 15) is 4.79 Å². The van der Waals surface area contributed by atoms with Crippen LogP contribution in [-0.4, -0.2) is 24.0 Å². The first-order valence-corrected chi connectivity index (χ1v) is 8.83. The summed E-state index contributed by atoms with van der Waals surface area (Å²) in [6.45, 7) is 0.114. The molecular formula is C18H22N2O2S. The number of carbonyl (C=O) groups excluding carboxylic acids is 1. The number of carbonyl (C=O) groups is 1. The van der Waals surface area contributed by atoms with E-state index >= 15 is 0 Å². The molecule has 0 fully saturated rings. The number of benzene rings is 2. The van der Waals surface area contributed by atoms with Crippen LogP contribution < -0.4 is 10.6 Å². The van der Waals surface area contributed by atoms with Crippen LogP contribution in [0.1, 0.15) is 24.4 Å². The van der Waals surface area contributed by atoms with Gasteiger partial charge in [-0.1, -0.05) is 30.3 Å². The number of aliphatic hydroxyl groups excluding tert-OH is 1. The highest BCUT2D eigenvalue weighted by atomic mass is 32.2. The monoisotopic (exact) mass is 330 g/mol. The van der Waals surface area contributed by atoms with Gasteiger partial charge in [0, 0.05) is 17.2 Å². The predicted molar refractivity (Wildman–Crippen MR) is 95.9 cm³/mol. The first kappa shape index (κ1) is 17.4. The lowest BCUT2D eigenvalue weighted by Gasteiger charge is -2.19. The van der Waals surface area contributed by atoms with Gasteiger partial charge >= 0.3 is 6.03 Å². The second-order valence-electron chi connectivity index (χ2n) is 5.16. The van der Waals surface area contributed by atoms with Crippen LogP contribution in [0.25, 0.3) is 0 Å². The molecule has 3 N–H and O–H groups in total. The fourth-order valence-corrected chi connectivity index (χ4v) is 2.71. The van der Waals surface area contributed by atoms with E-state index < -0.39 is 0 Å². The molecule has 0 aliphatic rings. The van der Waals surface area contributed by atoms with Crippen LogP contribution in [0.15, 0.2) is 59.5 Å². The summed E-state index contributed by atoms with van der Waals surface area (Å²) in [5, 5.41) is 14.9. The Morgan fingerprint density at radius 1 is 1.13 bits per heavy atom. The van der Waals surface area contributed by atoms with Crippen molar-refractivity contribution in [1.82, 2.24) is 5.32 Å². The van der Waals surface area contributed by atoms with Crippen molar-refractivity contribution in [1.29, 1.82) is 0 Å². The average Bonchev–Trinajstić information content (AvgIpc) is 2.60. The molecule has 0 radical (unpaired) electrons. The number of rotatable bonds is 7. The van der Waals surface area contributed by atoms with Crippen molar-refractivity contribution in [2.45, 2.75) is 23.8 Å². The first-order valence-electron chi connectivity index (χ1n) is 7.60. The van der Waals surface area contributed by atoms with Gasteiger partial charge in [-0.15, -0.1) is 11.8 Å². The van der Waals surface area contributed by atoms with E-state index in [1.54, 1.807) is 11.8 Å². The normalized spacial score (nSPS) is 11.7. The first-order chi connectivity index (χ1) is 11.2. The summed E-state index contributed by atoms with van der Waals surface area (Å²) >= 11 is 1.66. The molecule has 4 nitrogen and oxygen atoms in total. The van der Waals surface area contributed by atoms with Crippen LogP contribution in [0.2, 0.25) is 0 Å². The maximum atomic E-state index is 12.2. The maximum absolute atomic E-state index is 12.2. The second-order valence-corrected chi connectivity index (χ2v) is 6.04. The number of aliphatic hydroxyl groups is 1. The van der Waals surface area contributed by atoms with Gasteiger partial charge in [-0.05, 0) is 48.9 Å². The quantitative estimate of drug-likeness (QED) is 0.671.